The molecule has 0 aliphatic carbocycles. The monoisotopic (exact) mass is 448 g/mol. The zero-order valence-electron chi connectivity index (χ0n) is 18.3. The molecule has 33 heavy (non-hydrogen) atoms. The van der Waals surface area contributed by atoms with Crippen LogP contribution in [0.2, 0.25) is 0 Å². The van der Waals surface area contributed by atoms with Crippen LogP contribution >= 0.6 is 0 Å². The molecular weight excluding hydrogens is 423 g/mol. The lowest BCUT2D eigenvalue weighted by molar-refractivity contribution is -0.115. The van der Waals surface area contributed by atoms with Crippen molar-refractivity contribution in [2.45, 2.75) is 19.6 Å². The van der Waals surface area contributed by atoms with Crippen LogP contribution < -0.4 is 15.8 Å². The second kappa shape index (κ2) is 10.5. The summed E-state index contributed by atoms with van der Waals surface area (Å²) in [5.74, 6) is -0.407. The molecule has 2 aromatic carbocycles. The summed E-state index contributed by atoms with van der Waals surface area (Å²) in [6.45, 7) is 1.62. The number of anilines is 1. The Balaban J connectivity index is 2.01. The normalized spacial score (nSPS) is 12.2. The predicted octanol–water partition coefficient (Wildman–Crippen LogP) is 3.66. The van der Waals surface area contributed by atoms with Crippen molar-refractivity contribution in [3.8, 4) is 5.75 Å². The Morgan fingerprint density at radius 1 is 1.24 bits per heavy atom. The van der Waals surface area contributed by atoms with Gasteiger partial charge in [0.05, 0.1) is 25.0 Å². The van der Waals surface area contributed by atoms with E-state index in [1.807, 2.05) is 6.92 Å². The van der Waals surface area contributed by atoms with E-state index in [0.717, 1.165) is 11.9 Å². The highest BCUT2D eigenvalue weighted by Gasteiger charge is 2.27. The number of Topliss-reactive ketones (excluding diaryl/α,β-unsaturated/α-hetero) is 1. The minimum atomic E-state index is -0.938. The first-order valence-corrected chi connectivity index (χ1v) is 10.1. The van der Waals surface area contributed by atoms with Crippen LogP contribution in [0.15, 0.2) is 72.6 Å². The molecule has 1 atom stereocenters. The Morgan fingerprint density at radius 3 is 2.55 bits per heavy atom. The average molecular weight is 448 g/mol. The van der Waals surface area contributed by atoms with Gasteiger partial charge in [0.15, 0.2) is 5.78 Å². The minimum Gasteiger partial charge on any atom is -0.497 e. The fourth-order valence-electron chi connectivity index (χ4n) is 3.29. The number of ether oxygens (including phenoxy) is 1. The second-order valence-electron chi connectivity index (χ2n) is 7.36. The van der Waals surface area contributed by atoms with E-state index >= 15 is 0 Å². The largest absolute Gasteiger partial charge is 0.497 e. The van der Waals surface area contributed by atoms with Crippen molar-refractivity contribution in [3.05, 3.63) is 101 Å². The fraction of sp³-hybridized carbons (Fsp3) is 0.160. The highest BCUT2D eigenvalue weighted by Crippen LogP contribution is 2.28. The van der Waals surface area contributed by atoms with Crippen LogP contribution in [0, 0.1) is 18.2 Å². The van der Waals surface area contributed by atoms with Crippen molar-refractivity contribution in [1.82, 2.24) is 4.98 Å². The van der Waals surface area contributed by atoms with Crippen molar-refractivity contribution in [2.24, 2.45) is 5.73 Å². The Bertz CT molecular complexity index is 1150. The molecule has 1 unspecified atom stereocenters. The number of nitrogens with one attached hydrogen (secondary N) is 2. The van der Waals surface area contributed by atoms with E-state index in [9.17, 15) is 14.3 Å². The number of nitrogens with zero attached hydrogens (tertiary/aromatic N) is 1. The van der Waals surface area contributed by atoms with E-state index in [0.29, 0.717) is 28.1 Å². The second-order valence-corrected chi connectivity index (χ2v) is 7.36. The Kier molecular flexibility index (Phi) is 7.53. The molecule has 3 rings (SSSR count). The Morgan fingerprint density at radius 2 is 1.97 bits per heavy atom. The quantitative estimate of drug-likeness (QED) is 0.293. The lowest BCUT2D eigenvalue weighted by Gasteiger charge is -2.22. The summed E-state index contributed by atoms with van der Waals surface area (Å²) in [5, 5.41) is 21.2. The lowest BCUT2D eigenvalue weighted by Crippen LogP contribution is -2.27. The molecule has 5 N–H and O–H groups in total. The molecule has 7 nitrogen and oxygen atoms in total. The van der Waals surface area contributed by atoms with Crippen LogP contribution in [0.3, 0.4) is 0 Å². The van der Waals surface area contributed by atoms with Gasteiger partial charge in [-0.05, 0) is 55.0 Å². The summed E-state index contributed by atoms with van der Waals surface area (Å²) in [6, 6.07) is 12.9. The van der Waals surface area contributed by atoms with Crippen LogP contribution in [0.5, 0.6) is 5.75 Å². The number of aryl methyl sites for hydroxylation is 1. The van der Waals surface area contributed by atoms with Gasteiger partial charge in [-0.3, -0.25) is 15.2 Å². The zero-order valence-corrected chi connectivity index (χ0v) is 18.3. The van der Waals surface area contributed by atoms with Gasteiger partial charge in [-0.25, -0.2) is 4.39 Å². The fourth-order valence-corrected chi connectivity index (χ4v) is 3.29. The summed E-state index contributed by atoms with van der Waals surface area (Å²) in [4.78, 5) is 17.9. The number of aliphatic hydroxyl groups is 1. The van der Waals surface area contributed by atoms with Crippen molar-refractivity contribution >= 4 is 17.2 Å². The van der Waals surface area contributed by atoms with E-state index in [4.69, 9.17) is 15.9 Å². The third-order valence-corrected chi connectivity index (χ3v) is 5.06. The molecular formula is C25H25FN4O3. The maximum Gasteiger partial charge on any atom is 0.193 e. The molecule has 0 saturated heterocycles. The number of aromatic nitrogens is 1. The number of pyridine rings is 1. The maximum absolute atomic E-state index is 13.6. The molecule has 0 amide bonds. The number of hydrogen-bond donors (Lipinski definition) is 4. The predicted molar refractivity (Wildman–Crippen MR) is 125 cm³/mol. The lowest BCUT2D eigenvalue weighted by atomic mass is 9.92. The van der Waals surface area contributed by atoms with Gasteiger partial charge in [-0.2, -0.15) is 0 Å². The first kappa shape index (κ1) is 23.6. The summed E-state index contributed by atoms with van der Waals surface area (Å²) < 4.78 is 18.6. The molecule has 1 heterocycles. The summed E-state index contributed by atoms with van der Waals surface area (Å²) in [7, 11) is 1.51. The smallest absolute Gasteiger partial charge is 0.193 e. The number of ketones is 1. The van der Waals surface area contributed by atoms with E-state index in [1.165, 1.54) is 31.4 Å². The van der Waals surface area contributed by atoms with Gasteiger partial charge in [-0.1, -0.05) is 6.07 Å². The molecule has 0 saturated carbocycles. The number of aliphatic hydroxyl groups excluding tert-OH is 1. The minimum absolute atomic E-state index is 0.0371. The van der Waals surface area contributed by atoms with Gasteiger partial charge < -0.3 is 20.9 Å². The number of halogens is 1. The van der Waals surface area contributed by atoms with Crippen LogP contribution in [-0.4, -0.2) is 28.7 Å². The van der Waals surface area contributed by atoms with Gasteiger partial charge >= 0.3 is 0 Å². The molecule has 8 heteroatoms. The van der Waals surface area contributed by atoms with Crippen LogP contribution in [-0.2, 0) is 11.4 Å². The molecule has 0 aliphatic rings. The van der Waals surface area contributed by atoms with Crippen molar-refractivity contribution in [1.29, 1.82) is 5.41 Å². The van der Waals surface area contributed by atoms with Gasteiger partial charge in [-0.15, -0.1) is 0 Å². The molecule has 0 radical (unpaired) electrons. The van der Waals surface area contributed by atoms with Crippen molar-refractivity contribution in [2.75, 3.05) is 12.4 Å². The summed E-state index contributed by atoms with van der Waals surface area (Å²) in [6.07, 6.45) is 2.66. The van der Waals surface area contributed by atoms with Gasteiger partial charge in [0.25, 0.3) is 0 Å². The van der Waals surface area contributed by atoms with E-state index < -0.39 is 17.6 Å². The zero-order chi connectivity index (χ0) is 24.0. The molecule has 1 aromatic heterocycles. The number of rotatable bonds is 9. The van der Waals surface area contributed by atoms with Crippen LogP contribution in [0.1, 0.15) is 28.4 Å². The number of carbonyl (C=O) groups excluding carboxylic acids is 1. The van der Waals surface area contributed by atoms with E-state index in [1.54, 1.807) is 36.5 Å². The van der Waals surface area contributed by atoms with Crippen molar-refractivity contribution < 1.29 is 19.0 Å². The Labute approximate surface area is 191 Å². The summed E-state index contributed by atoms with van der Waals surface area (Å²) >= 11 is 0. The molecule has 0 bridgehead atoms. The Hall–Kier alpha value is -4.04. The average Bonchev–Trinajstić information content (AvgIpc) is 2.83. The maximum atomic E-state index is 13.6. The molecule has 0 fully saturated rings. The van der Waals surface area contributed by atoms with Gasteiger partial charge in [0.1, 0.15) is 17.6 Å². The number of benzene rings is 2. The van der Waals surface area contributed by atoms with Crippen LogP contribution in [0.4, 0.5) is 10.1 Å². The molecule has 170 valence electrons. The number of methoxy groups -OCH3 is 1. The summed E-state index contributed by atoms with van der Waals surface area (Å²) in [5.41, 5.74) is 8.43. The number of nitrogens with two attached hydrogens (primary N) is 1. The van der Waals surface area contributed by atoms with Crippen molar-refractivity contribution in [3.63, 3.8) is 0 Å². The SMILES string of the molecule is COc1cc(CO)cc(NC(C(=O)/C(=C/N)C(=N)c2ccc(F)cc2)c2ccc(C)nc2)c1. The van der Waals surface area contributed by atoms with E-state index in [2.05, 4.69) is 10.3 Å². The van der Waals surface area contributed by atoms with Gasteiger partial charge in [0.2, 0.25) is 0 Å². The highest BCUT2D eigenvalue weighted by atomic mass is 19.1. The first-order valence-electron chi connectivity index (χ1n) is 10.1. The first-order chi connectivity index (χ1) is 15.9. The molecule has 0 spiro atoms. The number of carbonyl (C=O) groups is 1. The molecule has 3 aromatic rings. The highest BCUT2D eigenvalue weighted by molar-refractivity contribution is 6.28. The standard InChI is InChI=1S/C25H25FN4O3/c1-15-3-4-18(13-29-15)24(30-20-9-16(14-31)10-21(11-20)33-2)25(32)22(12-27)23(28)17-5-7-19(26)8-6-17/h3-13,24,28,30-31H,14,27H2,1-2H3/b22-12+,28-23?. The topological polar surface area (TPSA) is 121 Å². The van der Waals surface area contributed by atoms with Gasteiger partial charge in [0, 0.05) is 41.0 Å². The van der Waals surface area contributed by atoms with E-state index in [-0.39, 0.29) is 17.9 Å². The van der Waals surface area contributed by atoms with Crippen LogP contribution in [0.25, 0.3) is 0 Å². The number of hydrogen-bond acceptors (Lipinski definition) is 7. The molecule has 0 aliphatic heterocycles. The third kappa shape index (κ3) is 5.61. The third-order valence-electron chi connectivity index (χ3n) is 5.06.